The number of nitrogens with one attached hydrogen (secondary N) is 1. The van der Waals surface area contributed by atoms with Crippen LogP contribution in [0, 0.1) is 5.92 Å². The van der Waals surface area contributed by atoms with Crippen LogP contribution in [0.4, 0.5) is 4.79 Å². The van der Waals surface area contributed by atoms with Crippen molar-refractivity contribution in [1.82, 2.24) is 10.2 Å². The number of urea groups is 1. The molecule has 1 fully saturated rings. The molecular formula is C13H24N2O4. The zero-order valence-electron chi connectivity index (χ0n) is 11.8. The van der Waals surface area contributed by atoms with E-state index in [9.17, 15) is 14.7 Å². The number of aliphatic hydroxyl groups is 1. The summed E-state index contributed by atoms with van der Waals surface area (Å²) in [7, 11) is 1.72. The number of carbonyl (C=O) groups excluding carboxylic acids is 1. The zero-order valence-corrected chi connectivity index (χ0v) is 11.8. The van der Waals surface area contributed by atoms with Crippen molar-refractivity contribution >= 4 is 12.0 Å². The van der Waals surface area contributed by atoms with E-state index < -0.39 is 11.5 Å². The Labute approximate surface area is 113 Å². The Hall–Kier alpha value is -1.30. The summed E-state index contributed by atoms with van der Waals surface area (Å²) in [5.74, 6) is -0.494. The first-order valence-electron chi connectivity index (χ1n) is 6.63. The van der Waals surface area contributed by atoms with E-state index >= 15 is 0 Å². The third-order valence-corrected chi connectivity index (χ3v) is 3.50. The second-order valence-corrected chi connectivity index (χ2v) is 6.08. The van der Waals surface area contributed by atoms with Gasteiger partial charge in [0.15, 0.2) is 0 Å². The Bertz CT molecular complexity index is 338. The molecule has 0 spiro atoms. The number of hydrogen-bond donors (Lipinski definition) is 3. The minimum atomic E-state index is -0.862. The van der Waals surface area contributed by atoms with E-state index in [0.29, 0.717) is 18.9 Å². The summed E-state index contributed by atoms with van der Waals surface area (Å²) in [4.78, 5) is 24.1. The van der Waals surface area contributed by atoms with E-state index in [0.717, 1.165) is 12.8 Å². The minimum Gasteiger partial charge on any atom is -0.481 e. The van der Waals surface area contributed by atoms with Gasteiger partial charge in [-0.05, 0) is 39.0 Å². The van der Waals surface area contributed by atoms with Gasteiger partial charge in [0.1, 0.15) is 0 Å². The van der Waals surface area contributed by atoms with E-state index in [4.69, 9.17) is 5.11 Å². The molecule has 0 unspecified atom stereocenters. The van der Waals surface area contributed by atoms with Gasteiger partial charge in [0.05, 0.1) is 6.10 Å². The van der Waals surface area contributed by atoms with Crippen LogP contribution < -0.4 is 5.32 Å². The first-order chi connectivity index (χ1) is 8.69. The van der Waals surface area contributed by atoms with Crippen LogP contribution in [-0.2, 0) is 4.79 Å². The van der Waals surface area contributed by atoms with E-state index in [-0.39, 0.29) is 18.6 Å². The number of carboxylic acids is 1. The lowest BCUT2D eigenvalue weighted by Gasteiger charge is -2.36. The highest BCUT2D eigenvalue weighted by atomic mass is 16.4. The number of aliphatic carboxylic acids is 1. The van der Waals surface area contributed by atoms with Gasteiger partial charge in [-0.3, -0.25) is 4.79 Å². The first-order valence-corrected chi connectivity index (χ1v) is 6.63. The van der Waals surface area contributed by atoms with E-state index in [2.05, 4.69) is 5.32 Å². The fraction of sp³-hybridized carbons (Fsp3) is 0.846. The Kier molecular flexibility index (Phi) is 5.17. The summed E-state index contributed by atoms with van der Waals surface area (Å²) >= 11 is 0. The molecule has 0 aromatic rings. The van der Waals surface area contributed by atoms with Crippen LogP contribution in [0.5, 0.6) is 0 Å². The van der Waals surface area contributed by atoms with Crippen LogP contribution in [0.15, 0.2) is 0 Å². The molecule has 2 amide bonds. The molecule has 1 aliphatic carbocycles. The number of amides is 2. The van der Waals surface area contributed by atoms with Crippen molar-refractivity contribution in [2.45, 2.75) is 51.2 Å². The minimum absolute atomic E-state index is 0.0335. The fourth-order valence-corrected chi connectivity index (χ4v) is 2.19. The van der Waals surface area contributed by atoms with Gasteiger partial charge in [-0.1, -0.05) is 0 Å². The number of carbonyl (C=O) groups is 2. The van der Waals surface area contributed by atoms with Crippen LogP contribution in [-0.4, -0.2) is 52.3 Å². The summed E-state index contributed by atoms with van der Waals surface area (Å²) in [6.45, 7) is 4.25. The molecule has 1 rings (SSSR count). The molecule has 0 heterocycles. The highest BCUT2D eigenvalue weighted by Gasteiger charge is 2.30. The standard InChI is InChI=1S/C13H24N2O4/c1-13(2,5-4-11(17)18)14-12(19)15(3)8-9-6-10(16)7-9/h9-10,16H,4-8H2,1-3H3,(H,14,19)(H,17,18). The largest absolute Gasteiger partial charge is 0.481 e. The smallest absolute Gasteiger partial charge is 0.317 e. The van der Waals surface area contributed by atoms with Gasteiger partial charge in [-0.25, -0.2) is 4.79 Å². The van der Waals surface area contributed by atoms with Gasteiger partial charge in [-0.15, -0.1) is 0 Å². The van der Waals surface area contributed by atoms with Crippen molar-refractivity contribution in [2.75, 3.05) is 13.6 Å². The summed E-state index contributed by atoms with van der Waals surface area (Å²) in [6, 6.07) is -0.197. The number of rotatable bonds is 6. The monoisotopic (exact) mass is 272 g/mol. The third kappa shape index (κ3) is 5.46. The number of hydrogen-bond acceptors (Lipinski definition) is 3. The molecule has 0 atom stereocenters. The van der Waals surface area contributed by atoms with E-state index in [1.54, 1.807) is 11.9 Å². The van der Waals surface area contributed by atoms with E-state index in [1.165, 1.54) is 0 Å². The van der Waals surface area contributed by atoms with Crippen LogP contribution in [0.2, 0.25) is 0 Å². The molecule has 0 aromatic heterocycles. The molecule has 0 saturated heterocycles. The summed E-state index contributed by atoms with van der Waals surface area (Å²) < 4.78 is 0. The quantitative estimate of drug-likeness (QED) is 0.674. The van der Waals surface area contributed by atoms with E-state index in [1.807, 2.05) is 13.8 Å². The maximum Gasteiger partial charge on any atom is 0.317 e. The average molecular weight is 272 g/mol. The molecule has 6 heteroatoms. The lowest BCUT2D eigenvalue weighted by atomic mass is 9.82. The summed E-state index contributed by atoms with van der Waals surface area (Å²) in [5, 5.41) is 20.7. The maximum atomic E-state index is 12.0. The Morgan fingerprint density at radius 3 is 2.42 bits per heavy atom. The Morgan fingerprint density at radius 2 is 1.95 bits per heavy atom. The summed E-state index contributed by atoms with van der Waals surface area (Å²) in [6.07, 6.45) is 1.71. The maximum absolute atomic E-state index is 12.0. The predicted octanol–water partition coefficient (Wildman–Crippen LogP) is 1.04. The molecule has 1 saturated carbocycles. The second kappa shape index (κ2) is 6.23. The van der Waals surface area contributed by atoms with Crippen molar-refractivity contribution in [3.63, 3.8) is 0 Å². The number of carboxylic acid groups (broad SMARTS) is 1. The van der Waals surface area contributed by atoms with Crippen LogP contribution in [0.3, 0.4) is 0 Å². The van der Waals surface area contributed by atoms with Gasteiger partial charge in [-0.2, -0.15) is 0 Å². The molecule has 110 valence electrons. The Morgan fingerprint density at radius 1 is 1.37 bits per heavy atom. The lowest BCUT2D eigenvalue weighted by molar-refractivity contribution is -0.137. The van der Waals surface area contributed by atoms with Crippen LogP contribution in [0.1, 0.15) is 39.5 Å². The lowest BCUT2D eigenvalue weighted by Crippen LogP contribution is -2.51. The highest BCUT2D eigenvalue weighted by Crippen LogP contribution is 2.27. The second-order valence-electron chi connectivity index (χ2n) is 6.08. The van der Waals surface area contributed by atoms with Crippen molar-refractivity contribution in [3.05, 3.63) is 0 Å². The Balaban J connectivity index is 2.33. The molecule has 3 N–H and O–H groups in total. The summed E-state index contributed by atoms with van der Waals surface area (Å²) in [5.41, 5.74) is -0.539. The molecule has 6 nitrogen and oxygen atoms in total. The zero-order chi connectivity index (χ0) is 14.6. The highest BCUT2D eigenvalue weighted by molar-refractivity contribution is 5.75. The van der Waals surface area contributed by atoms with Gasteiger partial charge in [0, 0.05) is 25.6 Å². The topological polar surface area (TPSA) is 89.9 Å². The predicted molar refractivity (Wildman–Crippen MR) is 70.8 cm³/mol. The van der Waals surface area contributed by atoms with Crippen LogP contribution in [0.25, 0.3) is 0 Å². The molecule has 0 radical (unpaired) electrons. The van der Waals surface area contributed by atoms with Gasteiger partial charge in [0.2, 0.25) is 0 Å². The molecule has 0 aliphatic heterocycles. The normalized spacial score (nSPS) is 22.5. The third-order valence-electron chi connectivity index (χ3n) is 3.50. The SMILES string of the molecule is CN(CC1CC(O)C1)C(=O)NC(C)(C)CCC(=O)O. The molecular weight excluding hydrogens is 248 g/mol. The molecule has 1 aliphatic rings. The molecule has 0 aromatic carbocycles. The first kappa shape index (κ1) is 15.8. The van der Waals surface area contributed by atoms with Crippen molar-refractivity contribution in [1.29, 1.82) is 0 Å². The molecule has 0 bridgehead atoms. The van der Waals surface area contributed by atoms with Gasteiger partial charge >= 0.3 is 12.0 Å². The number of nitrogens with zero attached hydrogens (tertiary/aromatic N) is 1. The van der Waals surface area contributed by atoms with Gasteiger partial charge < -0.3 is 20.4 Å². The van der Waals surface area contributed by atoms with Crippen molar-refractivity contribution in [3.8, 4) is 0 Å². The van der Waals surface area contributed by atoms with Crippen molar-refractivity contribution in [2.24, 2.45) is 5.92 Å². The van der Waals surface area contributed by atoms with Crippen molar-refractivity contribution < 1.29 is 19.8 Å². The average Bonchev–Trinajstić information content (AvgIpc) is 2.23. The van der Waals surface area contributed by atoms with Crippen LogP contribution >= 0.6 is 0 Å². The fourth-order valence-electron chi connectivity index (χ4n) is 2.19. The van der Waals surface area contributed by atoms with Gasteiger partial charge in [0.25, 0.3) is 0 Å². The number of aliphatic hydroxyl groups excluding tert-OH is 1. The molecule has 19 heavy (non-hydrogen) atoms.